The largest absolute Gasteiger partial charge is 0.417 e. The summed E-state index contributed by atoms with van der Waals surface area (Å²) in [6.45, 7) is 5.57. The van der Waals surface area contributed by atoms with E-state index in [2.05, 4.69) is 24.1 Å². The molecule has 0 aliphatic rings. The number of aromatic nitrogens is 1. The van der Waals surface area contributed by atoms with Crippen molar-refractivity contribution in [1.82, 2.24) is 10.3 Å². The molecule has 0 aromatic carbocycles. The molecule has 0 spiro atoms. The minimum absolute atomic E-state index is 0.502. The van der Waals surface area contributed by atoms with E-state index in [1.165, 1.54) is 6.07 Å². The van der Waals surface area contributed by atoms with E-state index in [0.29, 0.717) is 18.2 Å². The van der Waals surface area contributed by atoms with Gasteiger partial charge in [-0.3, -0.25) is 4.98 Å². The SMILES string of the molecule is CC[C@@H](C)CNCc1ccc(C(F)(F)F)cn1. The van der Waals surface area contributed by atoms with Crippen LogP contribution in [0.5, 0.6) is 0 Å². The van der Waals surface area contributed by atoms with Gasteiger partial charge in [0.25, 0.3) is 0 Å². The van der Waals surface area contributed by atoms with Crippen LogP contribution in [-0.2, 0) is 12.7 Å². The Morgan fingerprint density at radius 2 is 2.06 bits per heavy atom. The molecule has 0 amide bonds. The van der Waals surface area contributed by atoms with Gasteiger partial charge in [-0.2, -0.15) is 13.2 Å². The second-order valence-corrected chi connectivity index (χ2v) is 4.18. The van der Waals surface area contributed by atoms with E-state index >= 15 is 0 Å². The number of rotatable bonds is 5. The van der Waals surface area contributed by atoms with E-state index in [1.54, 1.807) is 0 Å². The molecule has 5 heteroatoms. The van der Waals surface area contributed by atoms with Crippen LogP contribution in [0.4, 0.5) is 13.2 Å². The minimum atomic E-state index is -4.31. The van der Waals surface area contributed by atoms with Crippen molar-refractivity contribution in [1.29, 1.82) is 0 Å². The normalized spacial score (nSPS) is 13.7. The summed E-state index contributed by atoms with van der Waals surface area (Å²) in [6, 6.07) is 2.47. The lowest BCUT2D eigenvalue weighted by Gasteiger charge is -2.10. The summed E-state index contributed by atoms with van der Waals surface area (Å²) < 4.78 is 36.8. The zero-order valence-electron chi connectivity index (χ0n) is 10.0. The molecule has 1 rings (SSSR count). The van der Waals surface area contributed by atoms with Gasteiger partial charge in [0.1, 0.15) is 0 Å². The van der Waals surface area contributed by atoms with Crippen molar-refractivity contribution in [2.45, 2.75) is 33.0 Å². The molecule has 1 aromatic rings. The van der Waals surface area contributed by atoms with Gasteiger partial charge in [-0.05, 0) is 24.6 Å². The second kappa shape index (κ2) is 6.00. The van der Waals surface area contributed by atoms with Crippen LogP contribution < -0.4 is 5.32 Å². The molecule has 0 fully saturated rings. The van der Waals surface area contributed by atoms with Crippen molar-refractivity contribution in [3.63, 3.8) is 0 Å². The highest BCUT2D eigenvalue weighted by Crippen LogP contribution is 2.28. The van der Waals surface area contributed by atoms with E-state index in [0.717, 1.165) is 25.2 Å². The molecule has 0 radical (unpaired) electrons. The van der Waals surface area contributed by atoms with E-state index in [1.807, 2.05) is 0 Å². The van der Waals surface area contributed by atoms with E-state index in [4.69, 9.17) is 0 Å². The molecule has 96 valence electrons. The van der Waals surface area contributed by atoms with Crippen molar-refractivity contribution < 1.29 is 13.2 Å². The number of nitrogens with one attached hydrogen (secondary N) is 1. The number of nitrogens with zero attached hydrogens (tertiary/aromatic N) is 1. The molecule has 17 heavy (non-hydrogen) atoms. The molecule has 1 heterocycles. The molecule has 0 bridgehead atoms. The van der Waals surface area contributed by atoms with Crippen molar-refractivity contribution in [2.75, 3.05) is 6.54 Å². The zero-order chi connectivity index (χ0) is 12.9. The Labute approximate surface area is 99.3 Å². The van der Waals surface area contributed by atoms with Crippen LogP contribution in [0.1, 0.15) is 31.5 Å². The average Bonchev–Trinajstić information content (AvgIpc) is 2.28. The van der Waals surface area contributed by atoms with Gasteiger partial charge in [-0.25, -0.2) is 0 Å². The molecule has 1 atom stereocenters. The van der Waals surface area contributed by atoms with Crippen LogP contribution in [0.3, 0.4) is 0 Å². The van der Waals surface area contributed by atoms with Gasteiger partial charge in [-0.1, -0.05) is 20.3 Å². The monoisotopic (exact) mass is 246 g/mol. The Balaban J connectivity index is 2.46. The number of hydrogen-bond acceptors (Lipinski definition) is 2. The second-order valence-electron chi connectivity index (χ2n) is 4.18. The average molecular weight is 246 g/mol. The third-order valence-electron chi connectivity index (χ3n) is 2.65. The minimum Gasteiger partial charge on any atom is -0.311 e. The molecule has 1 aromatic heterocycles. The lowest BCUT2D eigenvalue weighted by Crippen LogP contribution is -2.21. The van der Waals surface area contributed by atoms with Crippen LogP contribution >= 0.6 is 0 Å². The van der Waals surface area contributed by atoms with Crippen LogP contribution in [0.25, 0.3) is 0 Å². The predicted octanol–water partition coefficient (Wildman–Crippen LogP) is 3.24. The predicted molar refractivity (Wildman–Crippen MR) is 60.4 cm³/mol. The topological polar surface area (TPSA) is 24.9 Å². The lowest BCUT2D eigenvalue weighted by atomic mass is 10.1. The molecule has 2 nitrogen and oxygen atoms in total. The number of hydrogen-bond donors (Lipinski definition) is 1. The van der Waals surface area contributed by atoms with Crippen molar-refractivity contribution in [2.24, 2.45) is 5.92 Å². The Kier molecular flexibility index (Phi) is 4.93. The van der Waals surface area contributed by atoms with Crippen LogP contribution in [-0.4, -0.2) is 11.5 Å². The number of alkyl halides is 3. The summed E-state index contributed by atoms with van der Waals surface area (Å²) in [5.41, 5.74) is -0.0792. The maximum Gasteiger partial charge on any atom is 0.417 e. The third kappa shape index (κ3) is 4.73. The summed E-state index contributed by atoms with van der Waals surface area (Å²) in [4.78, 5) is 3.79. The number of pyridine rings is 1. The standard InChI is InChI=1S/C12H17F3N2/c1-3-9(2)6-16-8-11-5-4-10(7-17-11)12(13,14)15/h4-5,7,9,16H,3,6,8H2,1-2H3/t9-/m1/s1. The summed E-state index contributed by atoms with van der Waals surface area (Å²) in [7, 11) is 0. The summed E-state index contributed by atoms with van der Waals surface area (Å²) in [5.74, 6) is 0.560. The third-order valence-corrected chi connectivity index (χ3v) is 2.65. The maximum atomic E-state index is 12.3. The summed E-state index contributed by atoms with van der Waals surface area (Å²) >= 11 is 0. The summed E-state index contributed by atoms with van der Waals surface area (Å²) in [5, 5.41) is 3.17. The summed E-state index contributed by atoms with van der Waals surface area (Å²) in [6.07, 6.45) is -2.36. The van der Waals surface area contributed by atoms with Gasteiger partial charge < -0.3 is 5.32 Å². The highest BCUT2D eigenvalue weighted by molar-refractivity contribution is 5.16. The Hall–Kier alpha value is -1.10. The van der Waals surface area contributed by atoms with Crippen molar-refractivity contribution >= 4 is 0 Å². The molecule has 0 aliphatic carbocycles. The first-order valence-electron chi connectivity index (χ1n) is 5.66. The molecular weight excluding hydrogens is 229 g/mol. The Bertz CT molecular complexity index is 333. The van der Waals surface area contributed by atoms with E-state index in [9.17, 15) is 13.2 Å². The fraction of sp³-hybridized carbons (Fsp3) is 0.583. The smallest absolute Gasteiger partial charge is 0.311 e. The number of halogens is 3. The van der Waals surface area contributed by atoms with Gasteiger partial charge in [0.05, 0.1) is 11.3 Å². The van der Waals surface area contributed by atoms with Gasteiger partial charge in [0.2, 0.25) is 0 Å². The van der Waals surface area contributed by atoms with Crippen LogP contribution in [0.15, 0.2) is 18.3 Å². The van der Waals surface area contributed by atoms with Crippen LogP contribution in [0, 0.1) is 5.92 Å². The van der Waals surface area contributed by atoms with Crippen LogP contribution in [0.2, 0.25) is 0 Å². The van der Waals surface area contributed by atoms with E-state index < -0.39 is 11.7 Å². The molecular formula is C12H17F3N2. The van der Waals surface area contributed by atoms with Crippen molar-refractivity contribution in [3.8, 4) is 0 Å². The first-order valence-corrected chi connectivity index (χ1v) is 5.66. The quantitative estimate of drug-likeness (QED) is 0.862. The molecule has 0 unspecified atom stereocenters. The van der Waals surface area contributed by atoms with E-state index in [-0.39, 0.29) is 0 Å². The molecule has 1 N–H and O–H groups in total. The molecule has 0 aliphatic heterocycles. The first kappa shape index (κ1) is 14.0. The van der Waals surface area contributed by atoms with Gasteiger partial charge in [-0.15, -0.1) is 0 Å². The fourth-order valence-electron chi connectivity index (χ4n) is 1.29. The maximum absolute atomic E-state index is 12.3. The van der Waals surface area contributed by atoms with Crippen molar-refractivity contribution in [3.05, 3.63) is 29.6 Å². The van der Waals surface area contributed by atoms with Gasteiger partial charge >= 0.3 is 6.18 Å². The lowest BCUT2D eigenvalue weighted by molar-refractivity contribution is -0.137. The highest BCUT2D eigenvalue weighted by Gasteiger charge is 2.30. The van der Waals surface area contributed by atoms with Gasteiger partial charge in [0.15, 0.2) is 0 Å². The first-order chi connectivity index (χ1) is 7.93. The molecule has 0 saturated carbocycles. The van der Waals surface area contributed by atoms with Gasteiger partial charge in [0, 0.05) is 12.7 Å². The zero-order valence-corrected chi connectivity index (χ0v) is 10.0. The highest BCUT2D eigenvalue weighted by atomic mass is 19.4. The fourth-order valence-corrected chi connectivity index (χ4v) is 1.29. The molecule has 0 saturated heterocycles. The Morgan fingerprint density at radius 3 is 2.53 bits per heavy atom. The Morgan fingerprint density at radius 1 is 1.35 bits per heavy atom.